The molecule has 0 fully saturated rings. The second-order valence-electron chi connectivity index (χ2n) is 3.37. The second-order valence-corrected chi connectivity index (χ2v) is 4.49. The van der Waals surface area contributed by atoms with E-state index in [9.17, 15) is 0 Å². The first-order valence-electron chi connectivity index (χ1n) is 5.25. The minimum Gasteiger partial charge on any atom is -0.383 e. The van der Waals surface area contributed by atoms with Gasteiger partial charge in [0.2, 0.25) is 0 Å². The summed E-state index contributed by atoms with van der Waals surface area (Å²) in [6, 6.07) is 2.16. The van der Waals surface area contributed by atoms with Crippen molar-refractivity contribution in [1.29, 1.82) is 0 Å². The zero-order valence-corrected chi connectivity index (χ0v) is 10.3. The van der Waals surface area contributed by atoms with Crippen molar-refractivity contribution in [2.75, 3.05) is 26.8 Å². The van der Waals surface area contributed by atoms with E-state index >= 15 is 0 Å². The van der Waals surface area contributed by atoms with Gasteiger partial charge in [-0.1, -0.05) is 12.2 Å². The molecule has 1 rings (SSSR count). The van der Waals surface area contributed by atoms with Crippen molar-refractivity contribution in [2.45, 2.75) is 13.3 Å². The van der Waals surface area contributed by atoms with Crippen LogP contribution in [-0.2, 0) is 4.74 Å². The molecule has 0 saturated carbocycles. The highest BCUT2D eigenvalue weighted by Crippen LogP contribution is 2.16. The standard InChI is InChI=1S/C12H19NOS/c1-11-12(6-10-15-11)5-3-4-7-13-8-9-14-2/h3,5-6,10,13H,4,7-9H2,1-2H3/b5-3+. The lowest BCUT2D eigenvalue weighted by Gasteiger charge is -2.00. The van der Waals surface area contributed by atoms with Gasteiger partial charge in [-0.3, -0.25) is 0 Å². The number of thiophene rings is 1. The molecule has 0 saturated heterocycles. The molecule has 0 aromatic carbocycles. The Balaban J connectivity index is 2.10. The fraction of sp³-hybridized carbons (Fsp3) is 0.500. The summed E-state index contributed by atoms with van der Waals surface area (Å²) in [4.78, 5) is 1.39. The average molecular weight is 225 g/mol. The SMILES string of the molecule is COCCNCC/C=C/c1ccsc1C. The van der Waals surface area contributed by atoms with Crippen molar-refractivity contribution in [2.24, 2.45) is 0 Å². The Bertz CT molecular complexity index is 294. The molecule has 1 aromatic rings. The third-order valence-corrected chi connectivity index (χ3v) is 3.03. The smallest absolute Gasteiger partial charge is 0.0587 e. The van der Waals surface area contributed by atoms with Crippen LogP contribution in [-0.4, -0.2) is 26.8 Å². The summed E-state index contributed by atoms with van der Waals surface area (Å²) in [5.74, 6) is 0. The van der Waals surface area contributed by atoms with Crippen molar-refractivity contribution < 1.29 is 4.74 Å². The molecule has 0 bridgehead atoms. The molecule has 1 N–H and O–H groups in total. The number of methoxy groups -OCH3 is 1. The van der Waals surface area contributed by atoms with E-state index in [2.05, 4.69) is 35.8 Å². The highest BCUT2D eigenvalue weighted by atomic mass is 32.1. The van der Waals surface area contributed by atoms with E-state index in [-0.39, 0.29) is 0 Å². The Morgan fingerprint density at radius 3 is 3.00 bits per heavy atom. The van der Waals surface area contributed by atoms with Crippen molar-refractivity contribution in [3.8, 4) is 0 Å². The van der Waals surface area contributed by atoms with Crippen LogP contribution in [0, 0.1) is 6.92 Å². The highest BCUT2D eigenvalue weighted by molar-refractivity contribution is 7.10. The van der Waals surface area contributed by atoms with E-state index < -0.39 is 0 Å². The van der Waals surface area contributed by atoms with Gasteiger partial charge in [0, 0.05) is 18.5 Å². The van der Waals surface area contributed by atoms with Crippen molar-refractivity contribution in [3.05, 3.63) is 28.0 Å². The first kappa shape index (κ1) is 12.4. The molecule has 2 nitrogen and oxygen atoms in total. The summed E-state index contributed by atoms with van der Waals surface area (Å²) < 4.78 is 4.94. The number of ether oxygens (including phenoxy) is 1. The molecule has 84 valence electrons. The topological polar surface area (TPSA) is 21.3 Å². The largest absolute Gasteiger partial charge is 0.383 e. The van der Waals surface area contributed by atoms with Gasteiger partial charge in [0.15, 0.2) is 0 Å². The molecule has 1 heterocycles. The molecule has 0 atom stereocenters. The molecular weight excluding hydrogens is 206 g/mol. The van der Waals surface area contributed by atoms with Crippen molar-refractivity contribution >= 4 is 17.4 Å². The third kappa shape index (κ3) is 5.11. The Kier molecular flexibility index (Phi) is 6.32. The van der Waals surface area contributed by atoms with Crippen LogP contribution in [0.4, 0.5) is 0 Å². The zero-order chi connectivity index (χ0) is 10.9. The quantitative estimate of drug-likeness (QED) is 0.720. The van der Waals surface area contributed by atoms with Crippen LogP contribution in [0.2, 0.25) is 0 Å². The average Bonchev–Trinajstić information content (AvgIpc) is 2.63. The normalized spacial score (nSPS) is 11.3. The van der Waals surface area contributed by atoms with E-state index in [1.54, 1.807) is 18.4 Å². The molecule has 0 aliphatic rings. The Morgan fingerprint density at radius 1 is 1.47 bits per heavy atom. The molecule has 0 amide bonds. The fourth-order valence-corrected chi connectivity index (χ4v) is 1.95. The lowest BCUT2D eigenvalue weighted by atomic mass is 10.2. The fourth-order valence-electron chi connectivity index (χ4n) is 1.26. The summed E-state index contributed by atoms with van der Waals surface area (Å²) in [6.45, 7) is 4.89. The minimum atomic E-state index is 0.785. The van der Waals surface area contributed by atoms with Crippen LogP contribution in [0.1, 0.15) is 16.9 Å². The third-order valence-electron chi connectivity index (χ3n) is 2.17. The van der Waals surface area contributed by atoms with Gasteiger partial charge in [-0.25, -0.2) is 0 Å². The van der Waals surface area contributed by atoms with Crippen LogP contribution in [0.3, 0.4) is 0 Å². The second kappa shape index (κ2) is 7.63. The predicted molar refractivity (Wildman–Crippen MR) is 67.5 cm³/mol. The van der Waals surface area contributed by atoms with E-state index in [0.29, 0.717) is 0 Å². The molecule has 0 unspecified atom stereocenters. The van der Waals surface area contributed by atoms with Gasteiger partial charge < -0.3 is 10.1 Å². The zero-order valence-electron chi connectivity index (χ0n) is 9.45. The van der Waals surface area contributed by atoms with E-state index in [1.165, 1.54) is 10.4 Å². The van der Waals surface area contributed by atoms with Gasteiger partial charge >= 0.3 is 0 Å². The van der Waals surface area contributed by atoms with Crippen LogP contribution in [0.25, 0.3) is 6.08 Å². The van der Waals surface area contributed by atoms with Gasteiger partial charge in [0.25, 0.3) is 0 Å². The van der Waals surface area contributed by atoms with Crippen molar-refractivity contribution in [1.82, 2.24) is 5.32 Å². The Labute approximate surface area is 96.0 Å². The maximum Gasteiger partial charge on any atom is 0.0587 e. The number of nitrogens with one attached hydrogen (secondary N) is 1. The summed E-state index contributed by atoms with van der Waals surface area (Å²) in [7, 11) is 1.72. The molecule has 0 aliphatic carbocycles. The van der Waals surface area contributed by atoms with Gasteiger partial charge in [0.1, 0.15) is 0 Å². The molecule has 1 aromatic heterocycles. The lowest BCUT2D eigenvalue weighted by Crippen LogP contribution is -2.19. The van der Waals surface area contributed by atoms with Crippen LogP contribution in [0.5, 0.6) is 0 Å². The number of aryl methyl sites for hydroxylation is 1. The first-order chi connectivity index (χ1) is 7.34. The van der Waals surface area contributed by atoms with E-state index in [1.807, 2.05) is 0 Å². The highest BCUT2D eigenvalue weighted by Gasteiger charge is 1.92. The van der Waals surface area contributed by atoms with Crippen molar-refractivity contribution in [3.63, 3.8) is 0 Å². The maximum atomic E-state index is 4.94. The van der Waals surface area contributed by atoms with E-state index in [0.717, 1.165) is 26.1 Å². The lowest BCUT2D eigenvalue weighted by molar-refractivity contribution is 0.199. The monoisotopic (exact) mass is 225 g/mol. The predicted octanol–water partition coefficient (Wildman–Crippen LogP) is 2.70. The minimum absolute atomic E-state index is 0.785. The summed E-state index contributed by atoms with van der Waals surface area (Å²) >= 11 is 1.80. The Hall–Kier alpha value is -0.640. The molecule has 0 aliphatic heterocycles. The summed E-state index contributed by atoms with van der Waals surface area (Å²) in [5.41, 5.74) is 1.34. The molecular formula is C12H19NOS. The maximum absolute atomic E-state index is 4.94. The number of rotatable bonds is 7. The summed E-state index contributed by atoms with van der Waals surface area (Å²) in [5, 5.41) is 5.44. The molecule has 0 radical (unpaired) electrons. The molecule has 0 spiro atoms. The van der Waals surface area contributed by atoms with Gasteiger partial charge in [-0.15, -0.1) is 11.3 Å². The Morgan fingerprint density at radius 2 is 2.33 bits per heavy atom. The van der Waals surface area contributed by atoms with Crippen LogP contribution >= 0.6 is 11.3 Å². The first-order valence-corrected chi connectivity index (χ1v) is 6.13. The van der Waals surface area contributed by atoms with Gasteiger partial charge in [-0.2, -0.15) is 0 Å². The van der Waals surface area contributed by atoms with Crippen LogP contribution in [0.15, 0.2) is 17.5 Å². The number of hydrogen-bond donors (Lipinski definition) is 1. The van der Waals surface area contributed by atoms with Gasteiger partial charge in [-0.05, 0) is 36.9 Å². The van der Waals surface area contributed by atoms with Crippen LogP contribution < -0.4 is 5.32 Å². The summed E-state index contributed by atoms with van der Waals surface area (Å²) in [6.07, 6.45) is 5.48. The number of hydrogen-bond acceptors (Lipinski definition) is 3. The van der Waals surface area contributed by atoms with E-state index in [4.69, 9.17) is 4.74 Å². The van der Waals surface area contributed by atoms with Gasteiger partial charge in [0.05, 0.1) is 6.61 Å². The molecule has 15 heavy (non-hydrogen) atoms. The molecule has 3 heteroatoms.